The molecule has 3 aromatic rings. The highest BCUT2D eigenvalue weighted by molar-refractivity contribution is 7.18. The molecule has 6 heteroatoms. The molecule has 0 fully saturated rings. The van der Waals surface area contributed by atoms with Crippen LogP contribution in [0.15, 0.2) is 35.1 Å². The van der Waals surface area contributed by atoms with Crippen LogP contribution in [0.1, 0.15) is 16.3 Å². The minimum absolute atomic E-state index is 0.0448. The third-order valence-electron chi connectivity index (χ3n) is 3.69. The molecule has 0 spiro atoms. The predicted molar refractivity (Wildman–Crippen MR) is 93.2 cm³/mol. The Morgan fingerprint density at radius 3 is 2.74 bits per heavy atom. The number of rotatable bonds is 3. The second-order valence-corrected chi connectivity index (χ2v) is 6.72. The van der Waals surface area contributed by atoms with E-state index in [4.69, 9.17) is 0 Å². The number of aryl methyl sites for hydroxylation is 3. The molecule has 0 saturated carbocycles. The van der Waals surface area contributed by atoms with Crippen molar-refractivity contribution in [1.82, 2.24) is 9.55 Å². The summed E-state index contributed by atoms with van der Waals surface area (Å²) in [6.45, 7) is 5.57. The maximum Gasteiger partial charge on any atom is 0.262 e. The molecule has 1 aromatic carbocycles. The van der Waals surface area contributed by atoms with Crippen LogP contribution in [0, 0.1) is 20.8 Å². The van der Waals surface area contributed by atoms with Crippen molar-refractivity contribution in [1.29, 1.82) is 0 Å². The fourth-order valence-corrected chi connectivity index (χ4v) is 3.39. The molecule has 5 nitrogen and oxygen atoms in total. The van der Waals surface area contributed by atoms with Gasteiger partial charge in [0.1, 0.15) is 17.2 Å². The first-order valence-electron chi connectivity index (χ1n) is 7.29. The molecule has 2 aromatic heterocycles. The Labute approximate surface area is 137 Å². The number of para-hydroxylation sites is 1. The zero-order chi connectivity index (χ0) is 16.6. The second kappa shape index (κ2) is 5.96. The number of aromatic nitrogens is 2. The first-order chi connectivity index (χ1) is 11.0. The van der Waals surface area contributed by atoms with Crippen molar-refractivity contribution < 1.29 is 4.79 Å². The van der Waals surface area contributed by atoms with Gasteiger partial charge in [0.2, 0.25) is 5.91 Å². The van der Waals surface area contributed by atoms with Gasteiger partial charge in [0.15, 0.2) is 0 Å². The summed E-state index contributed by atoms with van der Waals surface area (Å²) < 4.78 is 1.42. The minimum atomic E-state index is -0.238. The molecule has 0 aliphatic heterocycles. The van der Waals surface area contributed by atoms with Gasteiger partial charge in [0, 0.05) is 10.6 Å². The summed E-state index contributed by atoms with van der Waals surface area (Å²) >= 11 is 1.49. The molecule has 0 aliphatic rings. The van der Waals surface area contributed by atoms with Gasteiger partial charge < -0.3 is 5.32 Å². The summed E-state index contributed by atoms with van der Waals surface area (Å²) in [5.74, 6) is 0.307. The van der Waals surface area contributed by atoms with Gasteiger partial charge in [-0.3, -0.25) is 14.2 Å². The number of benzene rings is 1. The number of hydrogen-bond acceptors (Lipinski definition) is 4. The lowest BCUT2D eigenvalue weighted by Crippen LogP contribution is -2.30. The van der Waals surface area contributed by atoms with Gasteiger partial charge in [-0.15, -0.1) is 11.3 Å². The molecule has 0 radical (unpaired) electrons. The molecular formula is C17H17N3O2S. The quantitative estimate of drug-likeness (QED) is 0.804. The van der Waals surface area contributed by atoms with E-state index in [1.165, 1.54) is 15.9 Å². The molecule has 1 N–H and O–H groups in total. The van der Waals surface area contributed by atoms with Crippen LogP contribution in [0.5, 0.6) is 0 Å². The molecule has 23 heavy (non-hydrogen) atoms. The van der Waals surface area contributed by atoms with Crippen LogP contribution in [-0.4, -0.2) is 15.5 Å². The topological polar surface area (TPSA) is 64.0 Å². The Bertz CT molecular complexity index is 956. The molecule has 0 atom stereocenters. The first kappa shape index (κ1) is 15.4. The Balaban J connectivity index is 1.91. The molecule has 0 saturated heterocycles. The van der Waals surface area contributed by atoms with Crippen molar-refractivity contribution in [2.75, 3.05) is 5.32 Å². The third kappa shape index (κ3) is 3.03. The van der Waals surface area contributed by atoms with E-state index < -0.39 is 0 Å². The summed E-state index contributed by atoms with van der Waals surface area (Å²) in [5.41, 5.74) is 1.56. The molecular weight excluding hydrogens is 310 g/mol. The lowest BCUT2D eigenvalue weighted by Gasteiger charge is -2.11. The van der Waals surface area contributed by atoms with Gasteiger partial charge in [-0.05, 0) is 38.5 Å². The molecule has 3 rings (SSSR count). The minimum Gasteiger partial charge on any atom is -0.324 e. The van der Waals surface area contributed by atoms with Gasteiger partial charge in [-0.2, -0.15) is 0 Å². The van der Waals surface area contributed by atoms with Crippen LogP contribution in [0.3, 0.4) is 0 Å². The molecule has 0 aliphatic carbocycles. The Kier molecular flexibility index (Phi) is 4.00. The van der Waals surface area contributed by atoms with Gasteiger partial charge in [-0.25, -0.2) is 4.98 Å². The van der Waals surface area contributed by atoms with Gasteiger partial charge >= 0.3 is 0 Å². The second-order valence-electron chi connectivity index (χ2n) is 5.49. The Morgan fingerprint density at radius 2 is 2.00 bits per heavy atom. The highest BCUT2D eigenvalue weighted by Crippen LogP contribution is 2.20. The van der Waals surface area contributed by atoms with Crippen LogP contribution in [-0.2, 0) is 11.3 Å². The normalized spacial score (nSPS) is 10.9. The number of carbonyl (C=O) groups is 1. The van der Waals surface area contributed by atoms with E-state index in [2.05, 4.69) is 10.3 Å². The van der Waals surface area contributed by atoms with E-state index in [1.807, 2.05) is 44.2 Å². The van der Waals surface area contributed by atoms with Gasteiger partial charge in [0.25, 0.3) is 5.56 Å². The lowest BCUT2D eigenvalue weighted by atomic mass is 10.2. The van der Waals surface area contributed by atoms with Gasteiger partial charge in [-0.1, -0.05) is 18.2 Å². The number of fused-ring (bicyclic) bond motifs is 1. The zero-order valence-electron chi connectivity index (χ0n) is 13.2. The maximum absolute atomic E-state index is 12.6. The number of nitrogens with zero attached hydrogens (tertiary/aromatic N) is 2. The van der Waals surface area contributed by atoms with Crippen LogP contribution in [0.25, 0.3) is 10.2 Å². The maximum atomic E-state index is 12.6. The fourth-order valence-electron chi connectivity index (χ4n) is 2.47. The van der Waals surface area contributed by atoms with Crippen molar-refractivity contribution in [2.24, 2.45) is 0 Å². The zero-order valence-corrected chi connectivity index (χ0v) is 14.0. The van der Waals surface area contributed by atoms with E-state index in [0.717, 1.165) is 21.0 Å². The largest absolute Gasteiger partial charge is 0.324 e. The third-order valence-corrected chi connectivity index (χ3v) is 4.63. The molecule has 1 amide bonds. The SMILES string of the molecule is Cc1cc2c(=O)n(CC(=O)Nc3ccccc3C)c(C)nc2s1. The van der Waals surface area contributed by atoms with E-state index in [9.17, 15) is 9.59 Å². The van der Waals surface area contributed by atoms with E-state index in [1.54, 1.807) is 6.92 Å². The number of thiophene rings is 1. The molecule has 118 valence electrons. The Morgan fingerprint density at radius 1 is 1.26 bits per heavy atom. The van der Waals surface area contributed by atoms with Crippen molar-refractivity contribution in [2.45, 2.75) is 27.3 Å². The fraction of sp³-hybridized carbons (Fsp3) is 0.235. The number of carbonyl (C=O) groups excluding carboxylic acids is 1. The first-order valence-corrected chi connectivity index (χ1v) is 8.10. The predicted octanol–water partition coefficient (Wildman–Crippen LogP) is 3.02. The van der Waals surface area contributed by atoms with Crippen molar-refractivity contribution in [3.05, 3.63) is 57.0 Å². The standard InChI is InChI=1S/C17H17N3O2S/c1-10-6-4-5-7-14(10)19-15(21)9-20-12(3)18-16-13(17(20)22)8-11(2)23-16/h4-8H,9H2,1-3H3,(H,19,21). The number of nitrogens with one attached hydrogen (secondary N) is 1. The van der Waals surface area contributed by atoms with Crippen LogP contribution in [0.4, 0.5) is 5.69 Å². The van der Waals surface area contributed by atoms with E-state index in [0.29, 0.717) is 11.2 Å². The average Bonchev–Trinajstić information content (AvgIpc) is 2.86. The monoisotopic (exact) mass is 327 g/mol. The molecule has 0 bridgehead atoms. The number of hydrogen-bond donors (Lipinski definition) is 1. The summed E-state index contributed by atoms with van der Waals surface area (Å²) in [6.07, 6.45) is 0. The van der Waals surface area contributed by atoms with E-state index in [-0.39, 0.29) is 18.0 Å². The highest BCUT2D eigenvalue weighted by atomic mass is 32.1. The van der Waals surface area contributed by atoms with Crippen molar-refractivity contribution in [3.63, 3.8) is 0 Å². The highest BCUT2D eigenvalue weighted by Gasteiger charge is 2.13. The van der Waals surface area contributed by atoms with Crippen molar-refractivity contribution in [3.8, 4) is 0 Å². The lowest BCUT2D eigenvalue weighted by molar-refractivity contribution is -0.116. The van der Waals surface area contributed by atoms with E-state index >= 15 is 0 Å². The van der Waals surface area contributed by atoms with Crippen molar-refractivity contribution >= 4 is 33.1 Å². The van der Waals surface area contributed by atoms with Crippen LogP contribution >= 0.6 is 11.3 Å². The summed E-state index contributed by atoms with van der Waals surface area (Å²) in [7, 11) is 0. The average molecular weight is 327 g/mol. The smallest absolute Gasteiger partial charge is 0.262 e. The summed E-state index contributed by atoms with van der Waals surface area (Å²) in [4.78, 5) is 31.0. The summed E-state index contributed by atoms with van der Waals surface area (Å²) in [6, 6.07) is 9.37. The molecule has 0 unspecified atom stereocenters. The Hall–Kier alpha value is -2.47. The van der Waals surface area contributed by atoms with Gasteiger partial charge in [0.05, 0.1) is 5.39 Å². The number of anilines is 1. The molecule has 2 heterocycles. The summed E-state index contributed by atoms with van der Waals surface area (Å²) in [5, 5.41) is 3.41. The number of amides is 1. The van der Waals surface area contributed by atoms with Crippen LogP contribution < -0.4 is 10.9 Å². The van der Waals surface area contributed by atoms with Crippen LogP contribution in [0.2, 0.25) is 0 Å².